The molecule has 9 heteroatoms. The molecule has 1 N–H and O–H groups in total. The van der Waals surface area contributed by atoms with E-state index < -0.39 is 33.6 Å². The quantitative estimate of drug-likeness (QED) is 0.238. The van der Waals surface area contributed by atoms with Crippen molar-refractivity contribution < 1.29 is 27.8 Å². The van der Waals surface area contributed by atoms with Gasteiger partial charge in [0.2, 0.25) is 10.0 Å². The van der Waals surface area contributed by atoms with E-state index in [2.05, 4.69) is 24.8 Å². The van der Waals surface area contributed by atoms with Crippen molar-refractivity contribution in [2.75, 3.05) is 19.6 Å². The Morgan fingerprint density at radius 1 is 1.07 bits per heavy atom. The van der Waals surface area contributed by atoms with Gasteiger partial charge in [0, 0.05) is 37.0 Å². The molecule has 1 saturated carbocycles. The van der Waals surface area contributed by atoms with Crippen molar-refractivity contribution in [3.63, 3.8) is 0 Å². The summed E-state index contributed by atoms with van der Waals surface area (Å²) in [4.78, 5) is 14.6. The largest absolute Gasteiger partial charge is 0.484 e. The molecular formula is C37H44N2O6S. The molecular weight excluding hydrogens is 600 g/mol. The van der Waals surface area contributed by atoms with Gasteiger partial charge in [0.1, 0.15) is 6.10 Å². The molecule has 1 spiro atoms. The monoisotopic (exact) mass is 644 g/mol. The van der Waals surface area contributed by atoms with Crippen molar-refractivity contribution in [2.45, 2.75) is 81.9 Å². The highest BCUT2D eigenvalue weighted by Gasteiger charge is 2.67. The van der Waals surface area contributed by atoms with Crippen LogP contribution in [0.3, 0.4) is 0 Å². The van der Waals surface area contributed by atoms with Crippen molar-refractivity contribution in [3.05, 3.63) is 95.1 Å². The van der Waals surface area contributed by atoms with Crippen molar-refractivity contribution in [2.24, 2.45) is 11.8 Å². The maximum absolute atomic E-state index is 14.3. The second-order valence-electron chi connectivity index (χ2n) is 14.0. The maximum Gasteiger partial charge on any atom is 0.308 e. The van der Waals surface area contributed by atoms with E-state index in [1.54, 1.807) is 4.31 Å². The Balaban J connectivity index is 1.29. The molecule has 4 aliphatic rings. The zero-order chi connectivity index (χ0) is 32.2. The Kier molecular flexibility index (Phi) is 8.24. The van der Waals surface area contributed by atoms with Crippen LogP contribution in [0.5, 0.6) is 11.5 Å². The lowest BCUT2D eigenvalue weighted by atomic mass is 9.51. The van der Waals surface area contributed by atoms with Crippen LogP contribution >= 0.6 is 0 Å². The highest BCUT2D eigenvalue weighted by Crippen LogP contribution is 2.64. The molecule has 0 aromatic heterocycles. The van der Waals surface area contributed by atoms with Gasteiger partial charge in [-0.25, -0.2) is 8.42 Å². The molecule has 2 aliphatic heterocycles. The molecule has 2 fully saturated rings. The fraction of sp³-hybridized carbons (Fsp3) is 0.486. The van der Waals surface area contributed by atoms with Crippen LogP contribution in [-0.4, -0.2) is 66.5 Å². The Bertz CT molecular complexity index is 1700. The van der Waals surface area contributed by atoms with Gasteiger partial charge >= 0.3 is 5.97 Å². The molecule has 1 saturated heterocycles. The predicted octanol–water partition coefficient (Wildman–Crippen LogP) is 5.24. The van der Waals surface area contributed by atoms with Crippen LogP contribution in [0.15, 0.2) is 72.8 Å². The van der Waals surface area contributed by atoms with Crippen LogP contribution in [0.4, 0.5) is 0 Å². The molecule has 0 radical (unpaired) electrons. The highest BCUT2D eigenvalue weighted by atomic mass is 32.2. The lowest BCUT2D eigenvalue weighted by molar-refractivity contribution is -0.132. The van der Waals surface area contributed by atoms with Crippen molar-refractivity contribution in [1.29, 1.82) is 0 Å². The summed E-state index contributed by atoms with van der Waals surface area (Å²) in [6.07, 6.45) is 2.09. The highest BCUT2D eigenvalue weighted by molar-refractivity contribution is 7.88. The summed E-state index contributed by atoms with van der Waals surface area (Å²) in [5.41, 5.74) is 3.53. The van der Waals surface area contributed by atoms with E-state index in [1.807, 2.05) is 66.7 Å². The van der Waals surface area contributed by atoms with Gasteiger partial charge in [0.25, 0.3) is 0 Å². The summed E-state index contributed by atoms with van der Waals surface area (Å²) in [6.45, 7) is 7.21. The van der Waals surface area contributed by atoms with E-state index in [0.29, 0.717) is 31.0 Å². The number of ether oxygens (including phenoxy) is 2. The van der Waals surface area contributed by atoms with Gasteiger partial charge in [-0.3, -0.25) is 9.69 Å². The fourth-order valence-corrected chi connectivity index (χ4v) is 11.0. The van der Waals surface area contributed by atoms with Crippen LogP contribution in [0.25, 0.3) is 0 Å². The number of likely N-dealkylation sites (tertiary alicyclic amines) is 1. The minimum Gasteiger partial charge on any atom is -0.484 e. The van der Waals surface area contributed by atoms with E-state index in [4.69, 9.17) is 9.47 Å². The van der Waals surface area contributed by atoms with E-state index >= 15 is 0 Å². The minimum atomic E-state index is -3.70. The molecule has 2 heterocycles. The van der Waals surface area contributed by atoms with Crippen LogP contribution < -0.4 is 9.47 Å². The first-order valence-corrected chi connectivity index (χ1v) is 18.2. The number of carbonyl (C=O) groups excluding carboxylic acids is 1. The molecule has 2 aliphatic carbocycles. The fourth-order valence-electron chi connectivity index (χ4n) is 9.03. The topological polar surface area (TPSA) is 96.4 Å². The van der Waals surface area contributed by atoms with Gasteiger partial charge in [0.05, 0.1) is 17.9 Å². The third kappa shape index (κ3) is 5.35. The summed E-state index contributed by atoms with van der Waals surface area (Å²) in [5, 5.41) is 11.3. The van der Waals surface area contributed by atoms with E-state index in [1.165, 1.54) is 6.92 Å². The summed E-state index contributed by atoms with van der Waals surface area (Å²) >= 11 is 0. The van der Waals surface area contributed by atoms with Crippen LogP contribution in [0.1, 0.15) is 68.4 Å². The van der Waals surface area contributed by atoms with Crippen LogP contribution in [-0.2, 0) is 32.4 Å². The molecule has 8 nitrogen and oxygen atoms in total. The molecule has 46 heavy (non-hydrogen) atoms. The minimum absolute atomic E-state index is 0.0646. The van der Waals surface area contributed by atoms with Crippen LogP contribution in [0, 0.1) is 11.8 Å². The smallest absolute Gasteiger partial charge is 0.308 e. The van der Waals surface area contributed by atoms with Gasteiger partial charge in [-0.2, -0.15) is 4.31 Å². The molecule has 1 unspecified atom stereocenters. The average molecular weight is 645 g/mol. The number of aliphatic hydroxyl groups excluding tert-OH is 1. The van der Waals surface area contributed by atoms with Crippen molar-refractivity contribution >= 4 is 16.0 Å². The summed E-state index contributed by atoms with van der Waals surface area (Å²) in [7, 11) is -3.70. The van der Waals surface area contributed by atoms with Gasteiger partial charge in [-0.1, -0.05) is 80.6 Å². The molecule has 0 amide bonds. The molecule has 6 atom stereocenters. The molecule has 3 aromatic carbocycles. The Hall–Kier alpha value is -3.24. The van der Waals surface area contributed by atoms with Crippen LogP contribution in [0.2, 0.25) is 0 Å². The molecule has 244 valence electrons. The average Bonchev–Trinajstić information content (AvgIpc) is 3.38. The lowest BCUT2D eigenvalue weighted by Crippen LogP contribution is -2.69. The standard InChI is InChI=1S/C37H44N2O6S/c1-24(2)21-39(46(42,43)23-26-10-6-4-7-11-26)30-16-15-29-31-20-28-14-17-33(44-25(3)40)35-34(28)37(29,36(30)45-35)18-19-38(31)22-32(41)27-12-8-5-9-13-27/h4-14,17,24,29-32,36,41H,15-16,18-23H2,1-3H3/t29-,30+,31+,32?,36-,37-/m0/s1. The normalized spacial score (nSPS) is 27.3. The SMILES string of the molecule is CC(=O)Oc1ccc2c3c1O[C@H]1[C@H](N(CC(C)C)S(=O)(=O)Cc4ccccc4)CC[C@H]4[C@@H](C2)N(CC(O)c2ccccc2)CC[C@@]341. The number of esters is 1. The maximum atomic E-state index is 14.3. The van der Waals surface area contributed by atoms with E-state index in [0.717, 1.165) is 48.1 Å². The number of piperidine rings is 1. The number of rotatable bonds is 10. The summed E-state index contributed by atoms with van der Waals surface area (Å²) < 4.78 is 43.0. The van der Waals surface area contributed by atoms with E-state index in [-0.39, 0.29) is 29.7 Å². The van der Waals surface area contributed by atoms with E-state index in [9.17, 15) is 18.3 Å². The molecule has 7 rings (SSSR count). The number of benzene rings is 3. The van der Waals surface area contributed by atoms with Crippen molar-refractivity contribution in [3.8, 4) is 11.5 Å². The first kappa shape index (κ1) is 31.4. The van der Waals surface area contributed by atoms with Gasteiger partial charge in [0.15, 0.2) is 11.5 Å². The number of hydrogen-bond donors (Lipinski definition) is 1. The second kappa shape index (κ2) is 12.1. The Labute approximate surface area is 272 Å². The van der Waals surface area contributed by atoms with Crippen molar-refractivity contribution in [1.82, 2.24) is 9.21 Å². The number of sulfonamides is 1. The molecule has 3 aromatic rings. The number of carbonyl (C=O) groups is 1. The first-order chi connectivity index (χ1) is 22.1. The zero-order valence-corrected chi connectivity index (χ0v) is 27.7. The summed E-state index contributed by atoms with van der Waals surface area (Å²) in [6, 6.07) is 22.9. The number of hydrogen-bond acceptors (Lipinski definition) is 7. The third-order valence-corrected chi connectivity index (χ3v) is 12.5. The van der Waals surface area contributed by atoms with Gasteiger partial charge in [-0.05, 0) is 66.8 Å². The predicted molar refractivity (Wildman–Crippen MR) is 176 cm³/mol. The molecule has 2 bridgehead atoms. The Morgan fingerprint density at radius 3 is 2.48 bits per heavy atom. The second-order valence-corrected chi connectivity index (χ2v) is 15.9. The Morgan fingerprint density at radius 2 is 1.78 bits per heavy atom. The van der Waals surface area contributed by atoms with Gasteiger partial charge in [-0.15, -0.1) is 0 Å². The number of nitrogens with zero attached hydrogens (tertiary/aromatic N) is 2. The van der Waals surface area contributed by atoms with Gasteiger partial charge < -0.3 is 14.6 Å². The number of β-amino-alcohol motifs (C(OH)–C–C–N with tert-alkyl or cyclic N) is 1. The zero-order valence-electron chi connectivity index (χ0n) is 26.8. The first-order valence-electron chi connectivity index (χ1n) is 16.6. The number of aliphatic hydroxyl groups is 1. The summed E-state index contributed by atoms with van der Waals surface area (Å²) in [5.74, 6) is 0.878. The third-order valence-electron chi connectivity index (χ3n) is 10.7. The lowest BCUT2D eigenvalue weighted by Gasteiger charge is -2.60.